The maximum absolute atomic E-state index is 11.8. The number of aryl methyl sites for hydroxylation is 1. The first kappa shape index (κ1) is 10.2. The minimum Gasteiger partial charge on any atom is -0.320 e. The fourth-order valence-electron chi connectivity index (χ4n) is 1.77. The smallest absolute Gasteiger partial charge is 0.231 e. The SMILES string of the molecule is Cn1ccnc1NC(=O)C1CCCNC1. The van der Waals surface area contributed by atoms with Gasteiger partial charge in [-0.25, -0.2) is 4.98 Å². The van der Waals surface area contributed by atoms with Crippen LogP contribution in [0.3, 0.4) is 0 Å². The highest BCUT2D eigenvalue weighted by atomic mass is 16.2. The number of anilines is 1. The van der Waals surface area contributed by atoms with Crippen LogP contribution in [0.4, 0.5) is 5.95 Å². The lowest BCUT2D eigenvalue weighted by molar-refractivity contribution is -0.120. The topological polar surface area (TPSA) is 59.0 Å². The second kappa shape index (κ2) is 4.44. The van der Waals surface area contributed by atoms with Gasteiger partial charge in [-0.15, -0.1) is 0 Å². The fourth-order valence-corrected chi connectivity index (χ4v) is 1.77. The van der Waals surface area contributed by atoms with Crippen molar-refractivity contribution in [2.75, 3.05) is 18.4 Å². The van der Waals surface area contributed by atoms with Gasteiger partial charge in [-0.2, -0.15) is 0 Å². The van der Waals surface area contributed by atoms with Crippen molar-refractivity contribution < 1.29 is 4.79 Å². The van der Waals surface area contributed by atoms with Crippen LogP contribution in [-0.4, -0.2) is 28.5 Å². The number of hydrogen-bond acceptors (Lipinski definition) is 3. The Kier molecular flexibility index (Phi) is 3.01. The molecule has 2 rings (SSSR count). The van der Waals surface area contributed by atoms with Gasteiger partial charge in [0.25, 0.3) is 0 Å². The van der Waals surface area contributed by atoms with E-state index in [0.717, 1.165) is 25.9 Å². The molecule has 5 nitrogen and oxygen atoms in total. The normalized spacial score (nSPS) is 21.3. The van der Waals surface area contributed by atoms with Crippen LogP contribution in [0.15, 0.2) is 12.4 Å². The summed E-state index contributed by atoms with van der Waals surface area (Å²) < 4.78 is 1.80. The molecule has 2 heterocycles. The zero-order chi connectivity index (χ0) is 10.7. The molecule has 1 fully saturated rings. The third-order valence-corrected chi connectivity index (χ3v) is 2.72. The average Bonchev–Trinajstić information content (AvgIpc) is 2.66. The number of imidazole rings is 1. The van der Waals surface area contributed by atoms with Crippen LogP contribution in [0.5, 0.6) is 0 Å². The number of piperidine rings is 1. The highest BCUT2D eigenvalue weighted by molar-refractivity contribution is 5.91. The Hall–Kier alpha value is -1.36. The Morgan fingerprint density at radius 1 is 1.73 bits per heavy atom. The zero-order valence-electron chi connectivity index (χ0n) is 8.86. The molecule has 5 heteroatoms. The molecule has 1 unspecified atom stereocenters. The molecule has 1 saturated heterocycles. The Labute approximate surface area is 88.9 Å². The van der Waals surface area contributed by atoms with Crippen molar-refractivity contribution in [2.45, 2.75) is 12.8 Å². The largest absolute Gasteiger partial charge is 0.320 e. The monoisotopic (exact) mass is 208 g/mol. The average molecular weight is 208 g/mol. The van der Waals surface area contributed by atoms with Gasteiger partial charge in [0.15, 0.2) is 0 Å². The van der Waals surface area contributed by atoms with Gasteiger partial charge in [-0.1, -0.05) is 0 Å². The van der Waals surface area contributed by atoms with Gasteiger partial charge in [0, 0.05) is 26.0 Å². The molecule has 0 aromatic carbocycles. The molecule has 2 N–H and O–H groups in total. The van der Waals surface area contributed by atoms with Gasteiger partial charge in [0.2, 0.25) is 11.9 Å². The van der Waals surface area contributed by atoms with E-state index < -0.39 is 0 Å². The van der Waals surface area contributed by atoms with E-state index in [9.17, 15) is 4.79 Å². The van der Waals surface area contributed by atoms with Gasteiger partial charge in [0.05, 0.1) is 5.92 Å². The van der Waals surface area contributed by atoms with Crippen molar-refractivity contribution in [3.63, 3.8) is 0 Å². The number of hydrogen-bond donors (Lipinski definition) is 2. The van der Waals surface area contributed by atoms with Crippen molar-refractivity contribution in [3.05, 3.63) is 12.4 Å². The first-order valence-corrected chi connectivity index (χ1v) is 5.26. The number of nitrogens with one attached hydrogen (secondary N) is 2. The van der Waals surface area contributed by atoms with Crippen LogP contribution in [0.2, 0.25) is 0 Å². The van der Waals surface area contributed by atoms with Crippen molar-refractivity contribution in [3.8, 4) is 0 Å². The summed E-state index contributed by atoms with van der Waals surface area (Å²) in [4.78, 5) is 15.9. The van der Waals surface area contributed by atoms with Crippen LogP contribution in [0, 0.1) is 5.92 Å². The molecule has 0 aliphatic carbocycles. The van der Waals surface area contributed by atoms with E-state index in [1.165, 1.54) is 0 Å². The molecule has 1 aliphatic heterocycles. The van der Waals surface area contributed by atoms with E-state index in [2.05, 4.69) is 15.6 Å². The standard InChI is InChI=1S/C10H16N4O/c1-14-6-5-12-10(14)13-9(15)8-3-2-4-11-7-8/h5-6,8,11H,2-4,7H2,1H3,(H,12,13,15). The molecule has 1 aromatic rings. The molecular formula is C10H16N4O. The maximum Gasteiger partial charge on any atom is 0.231 e. The van der Waals surface area contributed by atoms with Gasteiger partial charge >= 0.3 is 0 Å². The molecule has 1 atom stereocenters. The fraction of sp³-hybridized carbons (Fsp3) is 0.600. The first-order valence-electron chi connectivity index (χ1n) is 5.26. The lowest BCUT2D eigenvalue weighted by Crippen LogP contribution is -2.37. The van der Waals surface area contributed by atoms with Gasteiger partial charge in [-0.3, -0.25) is 10.1 Å². The van der Waals surface area contributed by atoms with E-state index in [4.69, 9.17) is 0 Å². The Morgan fingerprint density at radius 2 is 2.60 bits per heavy atom. The highest BCUT2D eigenvalue weighted by Gasteiger charge is 2.21. The molecule has 82 valence electrons. The van der Waals surface area contributed by atoms with E-state index >= 15 is 0 Å². The molecule has 0 bridgehead atoms. The van der Waals surface area contributed by atoms with Gasteiger partial charge < -0.3 is 9.88 Å². The number of amides is 1. The van der Waals surface area contributed by atoms with E-state index in [-0.39, 0.29) is 11.8 Å². The summed E-state index contributed by atoms with van der Waals surface area (Å²) in [5.74, 6) is 0.762. The van der Waals surface area contributed by atoms with Gasteiger partial charge in [-0.05, 0) is 19.4 Å². The lowest BCUT2D eigenvalue weighted by atomic mass is 9.99. The molecule has 0 spiro atoms. The number of carbonyl (C=O) groups is 1. The van der Waals surface area contributed by atoms with E-state index in [1.807, 2.05) is 13.2 Å². The van der Waals surface area contributed by atoms with Crippen LogP contribution in [0.25, 0.3) is 0 Å². The minimum atomic E-state index is 0.0662. The quantitative estimate of drug-likeness (QED) is 0.737. The third-order valence-electron chi connectivity index (χ3n) is 2.72. The summed E-state index contributed by atoms with van der Waals surface area (Å²) in [6.07, 6.45) is 5.52. The molecule has 0 saturated carbocycles. The Balaban J connectivity index is 1.94. The Bertz CT molecular complexity index is 341. The third kappa shape index (κ3) is 2.36. The zero-order valence-corrected chi connectivity index (χ0v) is 8.86. The Morgan fingerprint density at radius 3 is 3.20 bits per heavy atom. The van der Waals surface area contributed by atoms with Gasteiger partial charge in [0.1, 0.15) is 0 Å². The second-order valence-electron chi connectivity index (χ2n) is 3.89. The second-order valence-corrected chi connectivity index (χ2v) is 3.89. The molecule has 1 aromatic heterocycles. The van der Waals surface area contributed by atoms with Crippen molar-refractivity contribution in [1.29, 1.82) is 0 Å². The van der Waals surface area contributed by atoms with Crippen LogP contribution in [0.1, 0.15) is 12.8 Å². The summed E-state index contributed by atoms with van der Waals surface area (Å²) in [5, 5.41) is 6.05. The molecule has 0 radical (unpaired) electrons. The van der Waals surface area contributed by atoms with Crippen molar-refractivity contribution in [2.24, 2.45) is 13.0 Å². The predicted octanol–water partition coefficient (Wildman–Crippen LogP) is 0.358. The number of rotatable bonds is 2. The van der Waals surface area contributed by atoms with E-state index in [1.54, 1.807) is 10.8 Å². The van der Waals surface area contributed by atoms with Crippen molar-refractivity contribution in [1.82, 2.24) is 14.9 Å². The summed E-state index contributed by atoms with van der Waals surface area (Å²) >= 11 is 0. The van der Waals surface area contributed by atoms with Crippen molar-refractivity contribution >= 4 is 11.9 Å². The summed E-state index contributed by atoms with van der Waals surface area (Å²) in [7, 11) is 1.86. The van der Waals surface area contributed by atoms with E-state index in [0.29, 0.717) is 5.95 Å². The number of aromatic nitrogens is 2. The molecular weight excluding hydrogens is 192 g/mol. The summed E-state index contributed by atoms with van der Waals surface area (Å²) in [6, 6.07) is 0. The summed E-state index contributed by atoms with van der Waals surface area (Å²) in [6.45, 7) is 1.79. The number of nitrogens with zero attached hydrogens (tertiary/aromatic N) is 2. The first-order chi connectivity index (χ1) is 7.27. The van der Waals surface area contributed by atoms with Crippen LogP contribution in [-0.2, 0) is 11.8 Å². The minimum absolute atomic E-state index is 0.0662. The lowest BCUT2D eigenvalue weighted by Gasteiger charge is -2.21. The number of carbonyl (C=O) groups excluding carboxylic acids is 1. The molecule has 15 heavy (non-hydrogen) atoms. The molecule has 1 amide bonds. The van der Waals surface area contributed by atoms with Crippen LogP contribution < -0.4 is 10.6 Å². The molecule has 1 aliphatic rings. The highest BCUT2D eigenvalue weighted by Crippen LogP contribution is 2.12. The summed E-state index contributed by atoms with van der Waals surface area (Å²) in [5.41, 5.74) is 0. The van der Waals surface area contributed by atoms with Crippen LogP contribution >= 0.6 is 0 Å². The maximum atomic E-state index is 11.8. The predicted molar refractivity (Wildman–Crippen MR) is 57.4 cm³/mol.